The van der Waals surface area contributed by atoms with E-state index in [0.717, 1.165) is 51.4 Å². The summed E-state index contributed by atoms with van der Waals surface area (Å²) < 4.78 is 0. The number of rotatable bonds is 35. The van der Waals surface area contributed by atoms with Crippen LogP contribution in [0.15, 0.2) is 0 Å². The van der Waals surface area contributed by atoms with Crippen LogP contribution < -0.4 is 10.6 Å². The molecule has 0 aliphatic heterocycles. The van der Waals surface area contributed by atoms with Crippen molar-refractivity contribution in [3.05, 3.63) is 0 Å². The van der Waals surface area contributed by atoms with Crippen LogP contribution in [0.3, 0.4) is 0 Å². The molecule has 0 bridgehead atoms. The number of carbonyl (C=O) groups is 7. The van der Waals surface area contributed by atoms with Crippen molar-refractivity contribution in [2.75, 3.05) is 6.54 Å². The molecule has 12 nitrogen and oxygen atoms in total. The minimum absolute atomic E-state index is 0.00885. The second-order valence-corrected chi connectivity index (χ2v) is 15.6. The third-order valence-corrected chi connectivity index (χ3v) is 10.9. The van der Waals surface area contributed by atoms with Gasteiger partial charge < -0.3 is 26.0 Å². The summed E-state index contributed by atoms with van der Waals surface area (Å²) in [5.41, 5.74) is 0. The largest absolute Gasteiger partial charge is 0.481 e. The fourth-order valence-corrected chi connectivity index (χ4v) is 7.45. The maximum atomic E-state index is 12.9. The van der Waals surface area contributed by atoms with E-state index in [1.807, 2.05) is 0 Å². The molecule has 1 aliphatic carbocycles. The number of carbonyl (C=O) groups excluding carboxylic acids is 4. The number of amides is 2. The Morgan fingerprint density at radius 1 is 0.556 bits per heavy atom. The third kappa shape index (κ3) is 25.7. The molecule has 0 spiro atoms. The number of unbranched alkanes of at least 4 members (excludes halogenated alkanes) is 15. The smallest absolute Gasteiger partial charge is 0.326 e. The first-order chi connectivity index (χ1) is 25.9. The Hall–Kier alpha value is -3.31. The van der Waals surface area contributed by atoms with E-state index in [9.17, 15) is 38.7 Å². The Balaban J connectivity index is 2.12. The predicted octanol–water partition coefficient (Wildman–Crippen LogP) is 8.17. The molecule has 1 saturated carbocycles. The van der Waals surface area contributed by atoms with Crippen molar-refractivity contribution in [2.45, 2.75) is 199 Å². The van der Waals surface area contributed by atoms with Gasteiger partial charge in [0.25, 0.3) is 0 Å². The van der Waals surface area contributed by atoms with E-state index in [1.165, 1.54) is 70.6 Å². The fourth-order valence-electron chi connectivity index (χ4n) is 7.45. The molecule has 0 aromatic carbocycles. The second-order valence-electron chi connectivity index (χ2n) is 15.6. The molecule has 1 aliphatic rings. The number of nitrogens with one attached hydrogen (secondary N) is 2. The van der Waals surface area contributed by atoms with Crippen molar-refractivity contribution in [1.29, 1.82) is 0 Å². The van der Waals surface area contributed by atoms with E-state index >= 15 is 0 Å². The zero-order valence-corrected chi connectivity index (χ0v) is 33.2. The van der Waals surface area contributed by atoms with Gasteiger partial charge in [-0.15, -0.1) is 0 Å². The topological polar surface area (TPSA) is 204 Å². The van der Waals surface area contributed by atoms with Crippen molar-refractivity contribution >= 4 is 41.3 Å². The van der Waals surface area contributed by atoms with Crippen LogP contribution >= 0.6 is 0 Å². The number of ketones is 2. The first-order valence-corrected chi connectivity index (χ1v) is 21.2. The van der Waals surface area contributed by atoms with Gasteiger partial charge in [0.1, 0.15) is 17.6 Å². The average molecular weight is 765 g/mol. The monoisotopic (exact) mass is 765 g/mol. The van der Waals surface area contributed by atoms with Crippen LogP contribution in [-0.4, -0.2) is 69.2 Å². The molecule has 2 atom stereocenters. The van der Waals surface area contributed by atoms with Gasteiger partial charge in [0, 0.05) is 56.9 Å². The molecule has 0 radical (unpaired) electrons. The molecule has 1 rings (SSSR count). The van der Waals surface area contributed by atoms with Crippen molar-refractivity contribution in [2.24, 2.45) is 17.8 Å². The lowest BCUT2D eigenvalue weighted by Gasteiger charge is -2.28. The van der Waals surface area contributed by atoms with E-state index in [1.54, 1.807) is 6.92 Å². The minimum Gasteiger partial charge on any atom is -0.481 e. The summed E-state index contributed by atoms with van der Waals surface area (Å²) in [5, 5.41) is 32.5. The summed E-state index contributed by atoms with van der Waals surface area (Å²) >= 11 is 0. The van der Waals surface area contributed by atoms with Crippen molar-refractivity contribution in [1.82, 2.24) is 10.6 Å². The van der Waals surface area contributed by atoms with Crippen LogP contribution in [0.5, 0.6) is 0 Å². The van der Waals surface area contributed by atoms with Gasteiger partial charge in [-0.3, -0.25) is 28.8 Å². The van der Waals surface area contributed by atoms with Crippen LogP contribution in [0, 0.1) is 17.8 Å². The molecule has 5 N–H and O–H groups in total. The lowest BCUT2D eigenvalue weighted by molar-refractivity contribution is -0.143. The van der Waals surface area contributed by atoms with Gasteiger partial charge in [-0.1, -0.05) is 89.9 Å². The Morgan fingerprint density at radius 2 is 1.04 bits per heavy atom. The number of hydrogen-bond donors (Lipinski definition) is 5. The molecule has 2 amide bonds. The fraction of sp³-hybridized carbons (Fsp3) is 0.833. The minimum atomic E-state index is -1.23. The number of aliphatic carboxylic acids is 3. The molecular formula is C42H72N2O10. The van der Waals surface area contributed by atoms with Crippen molar-refractivity contribution < 1.29 is 48.9 Å². The lowest BCUT2D eigenvalue weighted by atomic mass is 9.79. The second kappa shape index (κ2) is 31.0. The van der Waals surface area contributed by atoms with Crippen LogP contribution in [0.1, 0.15) is 193 Å². The Labute approximate surface area is 323 Å². The Morgan fingerprint density at radius 3 is 1.50 bits per heavy atom. The summed E-state index contributed by atoms with van der Waals surface area (Å²) in [6.07, 6.45) is 23.5. The molecule has 0 saturated heterocycles. The van der Waals surface area contributed by atoms with Gasteiger partial charge >= 0.3 is 17.9 Å². The van der Waals surface area contributed by atoms with Gasteiger partial charge in [-0.05, 0) is 70.6 Å². The molecule has 0 aromatic rings. The number of hydrogen-bond acceptors (Lipinski definition) is 7. The summed E-state index contributed by atoms with van der Waals surface area (Å²) in [4.78, 5) is 83.7. The first-order valence-electron chi connectivity index (χ1n) is 21.2. The maximum Gasteiger partial charge on any atom is 0.326 e. The van der Waals surface area contributed by atoms with Crippen LogP contribution in [-0.2, 0) is 33.6 Å². The molecule has 0 aromatic heterocycles. The van der Waals surface area contributed by atoms with E-state index in [2.05, 4.69) is 10.6 Å². The Kier molecular flexibility index (Phi) is 27.9. The van der Waals surface area contributed by atoms with E-state index in [4.69, 9.17) is 10.2 Å². The zero-order chi connectivity index (χ0) is 40.0. The van der Waals surface area contributed by atoms with Gasteiger partial charge in [-0.2, -0.15) is 0 Å². The SMILES string of the molecule is CCNC(=O)C(CCC(=O)O)CC(=O)CCC(NC(=O)C1CCC(CCC(=O)CCCCCCCCCCCCCCCCCCC(=O)O)CC1)C(=O)O. The number of Topliss-reactive ketones (excluding diaryl/α,β-unsaturated/α-hetero) is 2. The summed E-state index contributed by atoms with van der Waals surface area (Å²) in [6, 6.07) is -1.23. The average Bonchev–Trinajstić information content (AvgIpc) is 3.13. The highest BCUT2D eigenvalue weighted by molar-refractivity contribution is 5.88. The molecule has 54 heavy (non-hydrogen) atoms. The van der Waals surface area contributed by atoms with Gasteiger partial charge in [-0.25, -0.2) is 4.79 Å². The molecule has 12 heteroatoms. The van der Waals surface area contributed by atoms with Gasteiger partial charge in [0.15, 0.2) is 0 Å². The van der Waals surface area contributed by atoms with Crippen LogP contribution in [0.2, 0.25) is 0 Å². The van der Waals surface area contributed by atoms with E-state index in [0.29, 0.717) is 50.4 Å². The van der Waals surface area contributed by atoms with Crippen molar-refractivity contribution in [3.63, 3.8) is 0 Å². The van der Waals surface area contributed by atoms with E-state index < -0.39 is 35.8 Å². The quantitative estimate of drug-likeness (QED) is 0.0392. The number of carboxylic acids is 3. The summed E-state index contributed by atoms with van der Waals surface area (Å²) in [6.45, 7) is 2.07. The molecule has 310 valence electrons. The van der Waals surface area contributed by atoms with Gasteiger partial charge in [0.2, 0.25) is 11.8 Å². The lowest BCUT2D eigenvalue weighted by Crippen LogP contribution is -2.44. The standard InChI is InChI=1S/C42H72N2O10/c1-2-43-40(51)34(26-30-39(49)50)31-36(46)28-29-37(42(53)54)44-41(52)33-24-21-32(22-25-33)23-27-35(45)19-17-15-13-11-9-7-5-3-4-6-8-10-12-14-16-18-20-38(47)48/h32-34,37H,2-31H2,1H3,(H,43,51)(H,44,52)(H,47,48)(H,49,50)(H,53,54). The molecule has 2 unspecified atom stereocenters. The highest BCUT2D eigenvalue weighted by Gasteiger charge is 2.30. The zero-order valence-electron chi connectivity index (χ0n) is 33.2. The normalized spacial score (nSPS) is 16.6. The molecular weight excluding hydrogens is 692 g/mol. The highest BCUT2D eigenvalue weighted by Crippen LogP contribution is 2.32. The van der Waals surface area contributed by atoms with E-state index in [-0.39, 0.29) is 49.7 Å². The van der Waals surface area contributed by atoms with Crippen LogP contribution in [0.4, 0.5) is 0 Å². The van der Waals surface area contributed by atoms with Gasteiger partial charge in [0.05, 0.1) is 0 Å². The Bertz CT molecular complexity index is 1120. The summed E-state index contributed by atoms with van der Waals surface area (Å²) in [5.74, 6) is -4.51. The number of carboxylic acid groups (broad SMARTS) is 3. The molecule has 1 fully saturated rings. The summed E-state index contributed by atoms with van der Waals surface area (Å²) in [7, 11) is 0. The highest BCUT2D eigenvalue weighted by atomic mass is 16.4. The van der Waals surface area contributed by atoms with Crippen LogP contribution in [0.25, 0.3) is 0 Å². The van der Waals surface area contributed by atoms with Crippen molar-refractivity contribution in [3.8, 4) is 0 Å². The maximum absolute atomic E-state index is 12.9. The predicted molar refractivity (Wildman–Crippen MR) is 208 cm³/mol. The molecule has 0 heterocycles. The first kappa shape index (κ1) is 48.7. The third-order valence-electron chi connectivity index (χ3n) is 10.9.